The highest BCUT2D eigenvalue weighted by Crippen LogP contribution is 2.32. The SMILES string of the molecule is CCOC(=O)c1cnc2ccccc2c1N1CCCCC1. The van der Waals surface area contributed by atoms with E-state index in [1.807, 2.05) is 31.2 Å². The molecule has 0 radical (unpaired) electrons. The molecule has 0 N–H and O–H groups in total. The summed E-state index contributed by atoms with van der Waals surface area (Å²) in [6.45, 7) is 4.18. The van der Waals surface area contributed by atoms with Crippen molar-refractivity contribution in [3.05, 3.63) is 36.0 Å². The van der Waals surface area contributed by atoms with Crippen LogP contribution in [0.3, 0.4) is 0 Å². The first-order chi connectivity index (χ1) is 10.3. The molecule has 1 saturated heterocycles. The number of para-hydroxylation sites is 1. The topological polar surface area (TPSA) is 42.4 Å². The summed E-state index contributed by atoms with van der Waals surface area (Å²) in [5, 5.41) is 1.03. The van der Waals surface area contributed by atoms with Crippen molar-refractivity contribution in [2.45, 2.75) is 26.2 Å². The largest absolute Gasteiger partial charge is 0.462 e. The maximum atomic E-state index is 12.3. The van der Waals surface area contributed by atoms with Crippen molar-refractivity contribution in [1.29, 1.82) is 0 Å². The maximum Gasteiger partial charge on any atom is 0.341 e. The summed E-state index contributed by atoms with van der Waals surface area (Å²) in [6, 6.07) is 7.98. The zero-order chi connectivity index (χ0) is 14.7. The van der Waals surface area contributed by atoms with Gasteiger partial charge in [-0.15, -0.1) is 0 Å². The van der Waals surface area contributed by atoms with E-state index in [2.05, 4.69) is 9.88 Å². The number of carbonyl (C=O) groups is 1. The summed E-state index contributed by atoms with van der Waals surface area (Å²) in [6.07, 6.45) is 5.25. The monoisotopic (exact) mass is 284 g/mol. The molecular weight excluding hydrogens is 264 g/mol. The number of aromatic nitrogens is 1. The van der Waals surface area contributed by atoms with Crippen molar-refractivity contribution in [2.75, 3.05) is 24.6 Å². The van der Waals surface area contributed by atoms with Crippen LogP contribution < -0.4 is 4.90 Å². The number of esters is 1. The van der Waals surface area contributed by atoms with Gasteiger partial charge in [0.25, 0.3) is 0 Å². The van der Waals surface area contributed by atoms with Gasteiger partial charge in [0.05, 0.1) is 17.8 Å². The second-order valence-electron chi connectivity index (χ2n) is 5.31. The molecule has 0 atom stereocenters. The lowest BCUT2D eigenvalue weighted by Gasteiger charge is -2.31. The van der Waals surface area contributed by atoms with Crippen LogP contribution in [0.1, 0.15) is 36.5 Å². The maximum absolute atomic E-state index is 12.3. The van der Waals surface area contributed by atoms with E-state index in [9.17, 15) is 4.79 Å². The fourth-order valence-corrected chi connectivity index (χ4v) is 2.94. The molecule has 1 aromatic carbocycles. The summed E-state index contributed by atoms with van der Waals surface area (Å²) >= 11 is 0. The Kier molecular flexibility index (Phi) is 4.04. The number of fused-ring (bicyclic) bond motifs is 1. The van der Waals surface area contributed by atoms with E-state index in [0.717, 1.165) is 29.7 Å². The molecule has 21 heavy (non-hydrogen) atoms. The van der Waals surface area contributed by atoms with Gasteiger partial charge in [0.2, 0.25) is 0 Å². The minimum absolute atomic E-state index is 0.281. The summed E-state index contributed by atoms with van der Waals surface area (Å²) in [4.78, 5) is 19.0. The van der Waals surface area contributed by atoms with Crippen LogP contribution in [0.2, 0.25) is 0 Å². The number of anilines is 1. The molecule has 1 aliphatic heterocycles. The van der Waals surface area contributed by atoms with Crippen LogP contribution in [0.4, 0.5) is 5.69 Å². The first kappa shape index (κ1) is 13.9. The molecule has 4 heteroatoms. The quantitative estimate of drug-likeness (QED) is 0.810. The highest BCUT2D eigenvalue weighted by molar-refractivity contribution is 6.05. The average Bonchev–Trinajstić information content (AvgIpc) is 2.55. The Labute approximate surface area is 124 Å². The molecule has 0 amide bonds. The van der Waals surface area contributed by atoms with Gasteiger partial charge in [-0.2, -0.15) is 0 Å². The molecule has 2 heterocycles. The number of benzene rings is 1. The van der Waals surface area contributed by atoms with Crippen LogP contribution in [0.25, 0.3) is 10.9 Å². The van der Waals surface area contributed by atoms with Crippen molar-refractivity contribution in [3.63, 3.8) is 0 Å². The van der Waals surface area contributed by atoms with Crippen molar-refractivity contribution in [2.24, 2.45) is 0 Å². The third-order valence-corrected chi connectivity index (χ3v) is 3.91. The second kappa shape index (κ2) is 6.12. The first-order valence-electron chi connectivity index (χ1n) is 7.61. The Balaban J connectivity index is 2.14. The van der Waals surface area contributed by atoms with Crippen LogP contribution in [0.15, 0.2) is 30.5 Å². The number of carbonyl (C=O) groups excluding carboxylic acids is 1. The molecule has 110 valence electrons. The third-order valence-electron chi connectivity index (χ3n) is 3.91. The van der Waals surface area contributed by atoms with E-state index in [4.69, 9.17) is 4.74 Å². The molecule has 1 aliphatic rings. The molecule has 1 fully saturated rings. The van der Waals surface area contributed by atoms with Gasteiger partial charge in [0.15, 0.2) is 0 Å². The second-order valence-corrected chi connectivity index (χ2v) is 5.31. The molecule has 0 aliphatic carbocycles. The van der Waals surface area contributed by atoms with Gasteiger partial charge in [-0.1, -0.05) is 18.2 Å². The van der Waals surface area contributed by atoms with Crippen molar-refractivity contribution in [3.8, 4) is 0 Å². The molecule has 0 saturated carbocycles. The summed E-state index contributed by atoms with van der Waals surface area (Å²) in [5.41, 5.74) is 2.49. The van der Waals surface area contributed by atoms with Crippen LogP contribution in [-0.4, -0.2) is 30.6 Å². The highest BCUT2D eigenvalue weighted by Gasteiger charge is 2.22. The zero-order valence-electron chi connectivity index (χ0n) is 12.3. The molecule has 1 aromatic heterocycles. The predicted octanol–water partition coefficient (Wildman–Crippen LogP) is 3.40. The van der Waals surface area contributed by atoms with Gasteiger partial charge >= 0.3 is 5.97 Å². The number of hydrogen-bond donors (Lipinski definition) is 0. The van der Waals surface area contributed by atoms with Crippen LogP contribution in [0.5, 0.6) is 0 Å². The molecule has 2 aromatic rings. The van der Waals surface area contributed by atoms with E-state index in [1.165, 1.54) is 19.3 Å². The molecule has 3 rings (SSSR count). The van der Waals surface area contributed by atoms with Crippen LogP contribution in [-0.2, 0) is 4.74 Å². The zero-order valence-corrected chi connectivity index (χ0v) is 12.3. The lowest BCUT2D eigenvalue weighted by Crippen LogP contribution is -2.31. The number of pyridine rings is 1. The van der Waals surface area contributed by atoms with Gasteiger partial charge in [-0.05, 0) is 32.3 Å². The number of rotatable bonds is 3. The van der Waals surface area contributed by atoms with E-state index < -0.39 is 0 Å². The number of nitrogens with zero attached hydrogens (tertiary/aromatic N) is 2. The van der Waals surface area contributed by atoms with E-state index in [1.54, 1.807) is 6.20 Å². The Morgan fingerprint density at radius 3 is 2.76 bits per heavy atom. The first-order valence-corrected chi connectivity index (χ1v) is 7.61. The minimum atomic E-state index is -0.281. The summed E-state index contributed by atoms with van der Waals surface area (Å²) in [7, 11) is 0. The standard InChI is InChI=1S/C17H20N2O2/c1-2-21-17(20)14-12-18-15-9-5-4-8-13(15)16(14)19-10-6-3-7-11-19/h4-5,8-9,12H,2-3,6-7,10-11H2,1H3. The van der Waals surface area contributed by atoms with Crippen molar-refractivity contribution < 1.29 is 9.53 Å². The fourth-order valence-electron chi connectivity index (χ4n) is 2.94. The van der Waals surface area contributed by atoms with Gasteiger partial charge in [-0.3, -0.25) is 4.98 Å². The van der Waals surface area contributed by atoms with Gasteiger partial charge < -0.3 is 9.64 Å². The predicted molar refractivity (Wildman–Crippen MR) is 83.8 cm³/mol. The van der Waals surface area contributed by atoms with Crippen molar-refractivity contribution in [1.82, 2.24) is 4.98 Å². The lowest BCUT2D eigenvalue weighted by atomic mass is 10.0. The van der Waals surface area contributed by atoms with Gasteiger partial charge in [0.1, 0.15) is 5.56 Å². The Morgan fingerprint density at radius 2 is 2.00 bits per heavy atom. The van der Waals surface area contributed by atoms with E-state index >= 15 is 0 Å². The number of piperidine rings is 1. The Bertz CT molecular complexity index is 648. The highest BCUT2D eigenvalue weighted by atomic mass is 16.5. The summed E-state index contributed by atoms with van der Waals surface area (Å²) in [5.74, 6) is -0.281. The number of hydrogen-bond acceptors (Lipinski definition) is 4. The Morgan fingerprint density at radius 1 is 1.24 bits per heavy atom. The third kappa shape index (κ3) is 2.71. The smallest absolute Gasteiger partial charge is 0.341 e. The molecule has 4 nitrogen and oxygen atoms in total. The summed E-state index contributed by atoms with van der Waals surface area (Å²) < 4.78 is 5.20. The normalized spacial score (nSPS) is 15.2. The van der Waals surface area contributed by atoms with E-state index in [-0.39, 0.29) is 5.97 Å². The van der Waals surface area contributed by atoms with Crippen LogP contribution in [0, 0.1) is 0 Å². The fraction of sp³-hybridized carbons (Fsp3) is 0.412. The van der Waals surface area contributed by atoms with Gasteiger partial charge in [-0.25, -0.2) is 4.79 Å². The number of ether oxygens (including phenoxy) is 1. The molecule has 0 unspecified atom stereocenters. The molecular formula is C17H20N2O2. The average molecular weight is 284 g/mol. The van der Waals surface area contributed by atoms with Crippen LogP contribution >= 0.6 is 0 Å². The molecule has 0 bridgehead atoms. The Hall–Kier alpha value is -2.10. The minimum Gasteiger partial charge on any atom is -0.462 e. The van der Waals surface area contributed by atoms with E-state index in [0.29, 0.717) is 12.2 Å². The lowest BCUT2D eigenvalue weighted by molar-refractivity contribution is 0.0526. The van der Waals surface area contributed by atoms with Crippen molar-refractivity contribution >= 4 is 22.6 Å². The molecule has 0 spiro atoms. The van der Waals surface area contributed by atoms with Gasteiger partial charge in [0, 0.05) is 24.7 Å².